The number of hydrogen-bond donors (Lipinski definition) is 0. The molecule has 6 heteroatoms. The standard InChI is InChI=1S/C8H10ClN3O2/c1-6(3-9)4-12-5-10-7(11-12)8(13)14-2/h3,5H,4H2,1-2H3. The Morgan fingerprint density at radius 2 is 2.50 bits per heavy atom. The Hall–Kier alpha value is -1.36. The molecule has 0 aromatic carbocycles. The van der Waals surface area contributed by atoms with Gasteiger partial charge in [-0.1, -0.05) is 11.6 Å². The number of hydrogen-bond acceptors (Lipinski definition) is 4. The maximum atomic E-state index is 11.0. The molecule has 0 atom stereocenters. The summed E-state index contributed by atoms with van der Waals surface area (Å²) in [5.41, 5.74) is 2.38. The van der Waals surface area contributed by atoms with Gasteiger partial charge in [0.15, 0.2) is 0 Å². The van der Waals surface area contributed by atoms with Gasteiger partial charge < -0.3 is 4.74 Å². The number of esters is 1. The molecule has 0 saturated carbocycles. The Morgan fingerprint density at radius 3 is 3.07 bits per heavy atom. The van der Waals surface area contributed by atoms with E-state index in [4.69, 9.17) is 11.6 Å². The van der Waals surface area contributed by atoms with E-state index >= 15 is 0 Å². The predicted octanol–water partition coefficient (Wildman–Crippen LogP) is 1.21. The Balaban J connectivity index is 2.73. The maximum Gasteiger partial charge on any atom is 0.377 e. The SMILES string of the molecule is COC(=O)c1ncn(CC(C)=CCl)n1. The fourth-order valence-corrected chi connectivity index (χ4v) is 0.915. The van der Waals surface area contributed by atoms with Gasteiger partial charge in [-0.05, 0) is 12.5 Å². The first-order chi connectivity index (χ1) is 6.67. The van der Waals surface area contributed by atoms with Crippen molar-refractivity contribution in [3.05, 3.63) is 23.3 Å². The lowest BCUT2D eigenvalue weighted by Crippen LogP contribution is -2.06. The third-order valence-electron chi connectivity index (χ3n) is 1.50. The Morgan fingerprint density at radius 1 is 1.79 bits per heavy atom. The van der Waals surface area contributed by atoms with Crippen molar-refractivity contribution >= 4 is 17.6 Å². The average Bonchev–Trinajstić information content (AvgIpc) is 2.65. The van der Waals surface area contributed by atoms with Crippen molar-refractivity contribution < 1.29 is 9.53 Å². The zero-order valence-corrected chi connectivity index (χ0v) is 8.65. The molecule has 1 aromatic rings. The average molecular weight is 216 g/mol. The summed E-state index contributed by atoms with van der Waals surface area (Å²) in [6.45, 7) is 2.36. The fourth-order valence-electron chi connectivity index (χ4n) is 0.846. The van der Waals surface area contributed by atoms with Crippen LogP contribution in [0.4, 0.5) is 0 Å². The topological polar surface area (TPSA) is 57.0 Å². The second-order valence-corrected chi connectivity index (χ2v) is 2.93. The Labute approximate surface area is 86.3 Å². The van der Waals surface area contributed by atoms with Crippen molar-refractivity contribution in [2.24, 2.45) is 0 Å². The minimum atomic E-state index is -0.545. The van der Waals surface area contributed by atoms with E-state index in [0.29, 0.717) is 6.54 Å². The number of ether oxygens (including phenoxy) is 1. The maximum absolute atomic E-state index is 11.0. The molecule has 0 radical (unpaired) electrons. The van der Waals surface area contributed by atoms with E-state index in [-0.39, 0.29) is 5.82 Å². The van der Waals surface area contributed by atoms with Crippen LogP contribution in [0.3, 0.4) is 0 Å². The number of allylic oxidation sites excluding steroid dienone is 1. The van der Waals surface area contributed by atoms with Crippen LogP contribution in [-0.4, -0.2) is 27.8 Å². The summed E-state index contributed by atoms with van der Waals surface area (Å²) in [5, 5.41) is 3.90. The minimum Gasteiger partial charge on any atom is -0.463 e. The molecule has 76 valence electrons. The molecule has 0 bridgehead atoms. The quantitative estimate of drug-likeness (QED) is 0.712. The highest BCUT2D eigenvalue weighted by atomic mass is 35.5. The third-order valence-corrected chi connectivity index (χ3v) is 1.87. The van der Waals surface area contributed by atoms with Gasteiger partial charge >= 0.3 is 5.97 Å². The summed E-state index contributed by atoms with van der Waals surface area (Å²) in [6, 6.07) is 0. The second kappa shape index (κ2) is 4.76. The molecule has 1 aromatic heterocycles. The molecule has 0 saturated heterocycles. The third kappa shape index (κ3) is 2.56. The molecule has 0 aliphatic rings. The molecule has 5 nitrogen and oxygen atoms in total. The number of rotatable bonds is 3. The summed E-state index contributed by atoms with van der Waals surface area (Å²) < 4.78 is 5.98. The van der Waals surface area contributed by atoms with Crippen molar-refractivity contribution in [3.8, 4) is 0 Å². The number of methoxy groups -OCH3 is 1. The summed E-state index contributed by atoms with van der Waals surface area (Å²) in [6.07, 6.45) is 1.45. The lowest BCUT2D eigenvalue weighted by Gasteiger charge is -1.97. The molecule has 0 fully saturated rings. The number of aromatic nitrogens is 3. The molecule has 0 spiro atoms. The highest BCUT2D eigenvalue weighted by Gasteiger charge is 2.10. The summed E-state index contributed by atoms with van der Waals surface area (Å²) in [4.78, 5) is 14.8. The molecule has 0 aliphatic heterocycles. The van der Waals surface area contributed by atoms with Gasteiger partial charge in [-0.2, -0.15) is 0 Å². The first kappa shape index (κ1) is 10.7. The fraction of sp³-hybridized carbons (Fsp3) is 0.375. The highest BCUT2D eigenvalue weighted by Crippen LogP contribution is 2.00. The van der Waals surface area contributed by atoms with Gasteiger partial charge in [0.1, 0.15) is 6.33 Å². The zero-order chi connectivity index (χ0) is 10.6. The molecule has 1 heterocycles. The number of carbonyl (C=O) groups is 1. The van der Waals surface area contributed by atoms with Crippen LogP contribution >= 0.6 is 11.6 Å². The molecular formula is C8H10ClN3O2. The van der Waals surface area contributed by atoms with Gasteiger partial charge in [0.2, 0.25) is 0 Å². The molecular weight excluding hydrogens is 206 g/mol. The predicted molar refractivity (Wildman–Crippen MR) is 51.0 cm³/mol. The van der Waals surface area contributed by atoms with E-state index < -0.39 is 5.97 Å². The van der Waals surface area contributed by atoms with Gasteiger partial charge in [-0.25, -0.2) is 14.5 Å². The lowest BCUT2D eigenvalue weighted by molar-refractivity contribution is 0.0586. The Kier molecular flexibility index (Phi) is 3.64. The summed E-state index contributed by atoms with van der Waals surface area (Å²) in [7, 11) is 1.28. The van der Waals surface area contributed by atoms with Crippen LogP contribution in [0.5, 0.6) is 0 Å². The smallest absolute Gasteiger partial charge is 0.377 e. The Bertz CT molecular complexity index is 359. The first-order valence-corrected chi connectivity index (χ1v) is 4.34. The first-order valence-electron chi connectivity index (χ1n) is 3.91. The summed E-state index contributed by atoms with van der Waals surface area (Å²) >= 11 is 5.48. The van der Waals surface area contributed by atoms with Crippen molar-refractivity contribution in [1.82, 2.24) is 14.8 Å². The number of nitrogens with zero attached hydrogens (tertiary/aromatic N) is 3. The summed E-state index contributed by atoms with van der Waals surface area (Å²) in [5.74, 6) is -0.494. The van der Waals surface area contributed by atoms with Crippen LogP contribution in [-0.2, 0) is 11.3 Å². The van der Waals surface area contributed by atoms with Gasteiger partial charge in [0.25, 0.3) is 5.82 Å². The van der Waals surface area contributed by atoms with Crippen molar-refractivity contribution in [3.63, 3.8) is 0 Å². The van der Waals surface area contributed by atoms with E-state index in [0.717, 1.165) is 5.57 Å². The lowest BCUT2D eigenvalue weighted by atomic mass is 10.4. The minimum absolute atomic E-state index is 0.0508. The van der Waals surface area contributed by atoms with Crippen LogP contribution in [0.25, 0.3) is 0 Å². The van der Waals surface area contributed by atoms with E-state index in [9.17, 15) is 4.79 Å². The monoisotopic (exact) mass is 215 g/mol. The van der Waals surface area contributed by atoms with E-state index in [2.05, 4.69) is 14.8 Å². The van der Waals surface area contributed by atoms with Crippen LogP contribution in [0.1, 0.15) is 17.5 Å². The largest absolute Gasteiger partial charge is 0.463 e. The van der Waals surface area contributed by atoms with Gasteiger partial charge in [0.05, 0.1) is 13.7 Å². The second-order valence-electron chi connectivity index (χ2n) is 2.71. The molecule has 0 N–H and O–H groups in total. The molecule has 0 amide bonds. The number of halogens is 1. The van der Waals surface area contributed by atoms with Crippen molar-refractivity contribution in [1.29, 1.82) is 0 Å². The van der Waals surface area contributed by atoms with Crippen LogP contribution in [0, 0.1) is 0 Å². The van der Waals surface area contributed by atoms with E-state index in [1.165, 1.54) is 23.7 Å². The molecule has 0 unspecified atom stereocenters. The van der Waals surface area contributed by atoms with Gasteiger partial charge in [-0.15, -0.1) is 5.10 Å². The van der Waals surface area contributed by atoms with Crippen LogP contribution in [0.2, 0.25) is 0 Å². The van der Waals surface area contributed by atoms with Crippen LogP contribution in [0.15, 0.2) is 17.4 Å². The molecule has 0 aliphatic carbocycles. The zero-order valence-electron chi connectivity index (χ0n) is 7.90. The van der Waals surface area contributed by atoms with E-state index in [1.807, 2.05) is 6.92 Å². The van der Waals surface area contributed by atoms with Crippen molar-refractivity contribution in [2.45, 2.75) is 13.5 Å². The van der Waals surface area contributed by atoms with Crippen LogP contribution < -0.4 is 0 Å². The molecule has 1 rings (SSSR count). The number of carbonyl (C=O) groups excluding carboxylic acids is 1. The van der Waals surface area contributed by atoms with E-state index in [1.54, 1.807) is 0 Å². The highest BCUT2D eigenvalue weighted by molar-refractivity contribution is 6.25. The van der Waals surface area contributed by atoms with Gasteiger partial charge in [-0.3, -0.25) is 0 Å². The van der Waals surface area contributed by atoms with Crippen molar-refractivity contribution in [2.75, 3.05) is 7.11 Å². The normalized spacial score (nSPS) is 11.5. The van der Waals surface area contributed by atoms with Gasteiger partial charge in [0, 0.05) is 5.54 Å². The molecule has 14 heavy (non-hydrogen) atoms.